The summed E-state index contributed by atoms with van der Waals surface area (Å²) in [7, 11) is -0.440. The first-order chi connectivity index (χ1) is 14.0. The molecular weight excluding hydrogens is 399 g/mol. The Balaban J connectivity index is 2.29. The number of nitrogens with zero attached hydrogens (tertiary/aromatic N) is 2. The number of rotatable bonds is 9. The zero-order chi connectivity index (χ0) is 22.5. The lowest BCUT2D eigenvalue weighted by Gasteiger charge is -2.36. The fourth-order valence-corrected chi connectivity index (χ4v) is 3.40. The molecule has 0 aliphatic carbocycles. The van der Waals surface area contributed by atoms with Crippen molar-refractivity contribution in [2.45, 2.75) is 52.2 Å². The summed E-state index contributed by atoms with van der Waals surface area (Å²) in [5.74, 6) is 0.0278. The maximum absolute atomic E-state index is 14.7. The summed E-state index contributed by atoms with van der Waals surface area (Å²) >= 11 is 0. The van der Waals surface area contributed by atoms with Crippen LogP contribution in [-0.4, -0.2) is 38.6 Å². The van der Waals surface area contributed by atoms with E-state index in [0.717, 1.165) is 17.6 Å². The van der Waals surface area contributed by atoms with Crippen LogP contribution in [0.15, 0.2) is 31.1 Å². The number of hydrogen-bond acceptors (Lipinski definition) is 5. The van der Waals surface area contributed by atoms with Crippen molar-refractivity contribution >= 4 is 13.9 Å². The molecule has 7 heteroatoms. The van der Waals surface area contributed by atoms with Gasteiger partial charge < -0.3 is 13.9 Å². The van der Waals surface area contributed by atoms with Gasteiger partial charge in [-0.05, 0) is 41.8 Å². The quantitative estimate of drug-likeness (QED) is 0.447. The third-order valence-corrected chi connectivity index (χ3v) is 9.88. The van der Waals surface area contributed by atoms with Gasteiger partial charge in [0.05, 0.1) is 20.3 Å². The molecule has 0 aromatic carbocycles. The van der Waals surface area contributed by atoms with E-state index in [1.807, 2.05) is 13.0 Å². The minimum absolute atomic E-state index is 0.110. The second kappa shape index (κ2) is 9.70. The number of ether oxygens (including phenoxy) is 2. The molecule has 2 heterocycles. The fraction of sp³-hybridized carbons (Fsp3) is 0.478. The molecule has 0 saturated carbocycles. The molecule has 0 aliphatic heterocycles. The summed E-state index contributed by atoms with van der Waals surface area (Å²) in [6.45, 7) is 18.0. The minimum Gasteiger partial charge on any atom is -0.491 e. The van der Waals surface area contributed by atoms with Gasteiger partial charge in [0.2, 0.25) is 0 Å². The van der Waals surface area contributed by atoms with Crippen LogP contribution in [0.4, 0.5) is 4.39 Å². The van der Waals surface area contributed by atoms with Crippen molar-refractivity contribution in [3.63, 3.8) is 0 Å². The molecule has 30 heavy (non-hydrogen) atoms. The van der Waals surface area contributed by atoms with Gasteiger partial charge in [-0.1, -0.05) is 34.3 Å². The van der Waals surface area contributed by atoms with E-state index in [9.17, 15) is 4.39 Å². The minimum atomic E-state index is -1.90. The third kappa shape index (κ3) is 5.67. The standard InChI is InChI=1S/C23H33FN2O3Si/c1-9-10-28-22-20(27-6)12-19(24)21(26-22)18-11-17(13-25-14-18)16(2)15-29-30(7,8)23(3,4)5/h11-14H,2,9-10,15H2,1,3-8H3. The highest BCUT2D eigenvalue weighted by Crippen LogP contribution is 2.37. The zero-order valence-electron chi connectivity index (χ0n) is 19.1. The Morgan fingerprint density at radius 2 is 1.90 bits per heavy atom. The molecule has 0 aliphatic rings. The van der Waals surface area contributed by atoms with E-state index in [-0.39, 0.29) is 22.4 Å². The summed E-state index contributed by atoms with van der Waals surface area (Å²) in [6.07, 6.45) is 4.09. The first kappa shape index (κ1) is 24.0. The highest BCUT2D eigenvalue weighted by Gasteiger charge is 2.37. The van der Waals surface area contributed by atoms with Crippen LogP contribution in [0.5, 0.6) is 11.6 Å². The highest BCUT2D eigenvalue weighted by molar-refractivity contribution is 6.74. The second-order valence-corrected chi connectivity index (χ2v) is 13.6. The molecule has 0 atom stereocenters. The van der Waals surface area contributed by atoms with Gasteiger partial charge in [-0.15, -0.1) is 0 Å². The summed E-state index contributed by atoms with van der Waals surface area (Å²) < 4.78 is 31.8. The molecule has 0 N–H and O–H groups in total. The number of halogens is 1. The average Bonchev–Trinajstić information content (AvgIpc) is 2.70. The predicted octanol–water partition coefficient (Wildman–Crippen LogP) is 6.12. The van der Waals surface area contributed by atoms with Gasteiger partial charge in [-0.3, -0.25) is 4.98 Å². The number of hydrogen-bond donors (Lipinski definition) is 0. The van der Waals surface area contributed by atoms with Crippen molar-refractivity contribution in [1.29, 1.82) is 0 Å². The van der Waals surface area contributed by atoms with Crippen LogP contribution in [0.1, 0.15) is 39.7 Å². The van der Waals surface area contributed by atoms with Gasteiger partial charge in [0, 0.05) is 24.0 Å². The molecule has 0 radical (unpaired) electrons. The molecular formula is C23H33FN2O3Si. The van der Waals surface area contributed by atoms with Crippen molar-refractivity contribution in [3.05, 3.63) is 42.5 Å². The molecule has 0 bridgehead atoms. The largest absolute Gasteiger partial charge is 0.491 e. The van der Waals surface area contributed by atoms with E-state index in [4.69, 9.17) is 13.9 Å². The Hall–Kier alpha value is -2.25. The monoisotopic (exact) mass is 432 g/mol. The van der Waals surface area contributed by atoms with Gasteiger partial charge in [0.15, 0.2) is 19.9 Å². The molecule has 164 valence electrons. The third-order valence-electron chi connectivity index (χ3n) is 5.40. The van der Waals surface area contributed by atoms with Crippen molar-refractivity contribution in [3.8, 4) is 22.9 Å². The molecule has 2 aromatic rings. The van der Waals surface area contributed by atoms with E-state index >= 15 is 0 Å². The fourth-order valence-electron chi connectivity index (χ4n) is 2.44. The summed E-state index contributed by atoms with van der Waals surface area (Å²) in [6, 6.07) is 3.11. The first-order valence-electron chi connectivity index (χ1n) is 10.1. The Morgan fingerprint density at radius 3 is 2.50 bits per heavy atom. The molecule has 0 unspecified atom stereocenters. The smallest absolute Gasteiger partial charge is 0.257 e. The van der Waals surface area contributed by atoms with Crippen molar-refractivity contribution in [2.75, 3.05) is 20.3 Å². The SMILES string of the molecule is C=C(CO[Si](C)(C)C(C)(C)C)c1cncc(-c2nc(OCCC)c(OC)cc2F)c1. The van der Waals surface area contributed by atoms with Crippen LogP contribution < -0.4 is 9.47 Å². The molecule has 0 saturated heterocycles. The lowest BCUT2D eigenvalue weighted by molar-refractivity contribution is 0.281. The highest BCUT2D eigenvalue weighted by atomic mass is 28.4. The molecule has 2 rings (SSSR count). The zero-order valence-corrected chi connectivity index (χ0v) is 20.1. The van der Waals surface area contributed by atoms with Crippen LogP contribution >= 0.6 is 0 Å². The van der Waals surface area contributed by atoms with Crippen LogP contribution in [0.25, 0.3) is 16.8 Å². The Bertz CT molecular complexity index is 895. The van der Waals surface area contributed by atoms with Crippen LogP contribution in [0, 0.1) is 5.82 Å². The Labute approximate surface area is 180 Å². The normalized spacial score (nSPS) is 12.0. The van der Waals surface area contributed by atoms with Crippen LogP contribution in [0.2, 0.25) is 18.1 Å². The predicted molar refractivity (Wildman–Crippen MR) is 122 cm³/mol. The van der Waals surface area contributed by atoms with Gasteiger partial charge in [0.25, 0.3) is 5.88 Å². The van der Waals surface area contributed by atoms with E-state index in [1.165, 1.54) is 13.2 Å². The van der Waals surface area contributed by atoms with Gasteiger partial charge >= 0.3 is 0 Å². The van der Waals surface area contributed by atoms with Crippen LogP contribution in [0.3, 0.4) is 0 Å². The summed E-state index contributed by atoms with van der Waals surface area (Å²) in [5.41, 5.74) is 2.29. The van der Waals surface area contributed by atoms with Crippen molar-refractivity contribution in [2.24, 2.45) is 0 Å². The number of aromatic nitrogens is 2. The molecule has 5 nitrogen and oxygen atoms in total. The van der Waals surface area contributed by atoms with Crippen molar-refractivity contribution in [1.82, 2.24) is 9.97 Å². The van der Waals surface area contributed by atoms with Gasteiger partial charge in [-0.2, -0.15) is 0 Å². The molecule has 0 spiro atoms. The lowest BCUT2D eigenvalue weighted by Crippen LogP contribution is -2.41. The number of methoxy groups -OCH3 is 1. The first-order valence-corrected chi connectivity index (χ1v) is 13.1. The lowest BCUT2D eigenvalue weighted by atomic mass is 10.1. The van der Waals surface area contributed by atoms with E-state index < -0.39 is 14.1 Å². The number of pyridine rings is 2. The summed E-state index contributed by atoms with van der Waals surface area (Å²) in [5, 5.41) is 0.110. The average molecular weight is 433 g/mol. The van der Waals surface area contributed by atoms with E-state index in [0.29, 0.717) is 18.8 Å². The topological polar surface area (TPSA) is 53.5 Å². The molecule has 0 amide bonds. The second-order valence-electron chi connectivity index (χ2n) is 8.79. The summed E-state index contributed by atoms with van der Waals surface area (Å²) in [4.78, 5) is 8.62. The maximum atomic E-state index is 14.7. The van der Waals surface area contributed by atoms with Crippen LogP contribution in [-0.2, 0) is 4.43 Å². The van der Waals surface area contributed by atoms with Gasteiger partial charge in [-0.25, -0.2) is 9.37 Å². The Morgan fingerprint density at radius 1 is 1.20 bits per heavy atom. The maximum Gasteiger partial charge on any atom is 0.257 e. The molecule has 2 aromatic heterocycles. The Kier molecular flexibility index (Phi) is 7.77. The van der Waals surface area contributed by atoms with E-state index in [2.05, 4.69) is 50.4 Å². The molecule has 0 fully saturated rings. The van der Waals surface area contributed by atoms with Crippen molar-refractivity contribution < 1.29 is 18.3 Å². The van der Waals surface area contributed by atoms with E-state index in [1.54, 1.807) is 12.4 Å². The van der Waals surface area contributed by atoms with Gasteiger partial charge in [0.1, 0.15) is 5.69 Å².